The van der Waals surface area contributed by atoms with Crippen LogP contribution in [0.4, 0.5) is 0 Å². The number of rotatable bonds is 5. The van der Waals surface area contributed by atoms with Crippen LogP contribution in [0.5, 0.6) is 5.75 Å². The van der Waals surface area contributed by atoms with Crippen LogP contribution >= 0.6 is 0 Å². The van der Waals surface area contributed by atoms with Crippen molar-refractivity contribution in [2.45, 2.75) is 19.5 Å². The molecule has 6 nitrogen and oxygen atoms in total. The molecule has 1 aromatic heterocycles. The molecule has 2 rings (SSSR count). The van der Waals surface area contributed by atoms with Gasteiger partial charge in [-0.05, 0) is 24.6 Å². The fraction of sp³-hybridized carbons (Fsp3) is 0.308. The summed E-state index contributed by atoms with van der Waals surface area (Å²) >= 11 is 0. The van der Waals surface area contributed by atoms with Gasteiger partial charge in [-0.2, -0.15) is 10.4 Å². The summed E-state index contributed by atoms with van der Waals surface area (Å²) in [7, 11) is 1.56. The third-order valence-corrected chi connectivity index (χ3v) is 2.84. The van der Waals surface area contributed by atoms with E-state index in [1.807, 2.05) is 19.1 Å². The zero-order chi connectivity index (χ0) is 13.7. The summed E-state index contributed by atoms with van der Waals surface area (Å²) in [6.07, 6.45) is 1.48. The summed E-state index contributed by atoms with van der Waals surface area (Å²) < 4.78 is 5.11. The van der Waals surface area contributed by atoms with E-state index in [1.54, 1.807) is 13.2 Å². The molecule has 1 heterocycles. The van der Waals surface area contributed by atoms with Crippen LogP contribution in [-0.2, 0) is 6.54 Å². The number of H-pyrrole nitrogens is 1. The van der Waals surface area contributed by atoms with Crippen molar-refractivity contribution in [2.75, 3.05) is 7.11 Å². The maximum Gasteiger partial charge on any atom is 0.141 e. The van der Waals surface area contributed by atoms with Crippen molar-refractivity contribution in [3.05, 3.63) is 41.5 Å². The maximum atomic E-state index is 9.03. The van der Waals surface area contributed by atoms with E-state index in [0.29, 0.717) is 17.9 Å². The zero-order valence-electron chi connectivity index (χ0n) is 10.8. The Labute approximate surface area is 111 Å². The molecule has 1 unspecified atom stereocenters. The van der Waals surface area contributed by atoms with Crippen LogP contribution < -0.4 is 10.1 Å². The fourth-order valence-electron chi connectivity index (χ4n) is 1.74. The van der Waals surface area contributed by atoms with Crippen molar-refractivity contribution in [1.82, 2.24) is 20.5 Å². The van der Waals surface area contributed by atoms with E-state index in [1.165, 1.54) is 6.33 Å². The van der Waals surface area contributed by atoms with Crippen LogP contribution in [0.2, 0.25) is 0 Å². The highest BCUT2D eigenvalue weighted by atomic mass is 16.5. The molecular weight excluding hydrogens is 242 g/mol. The van der Waals surface area contributed by atoms with E-state index in [-0.39, 0.29) is 6.04 Å². The second kappa shape index (κ2) is 5.98. The monoisotopic (exact) mass is 257 g/mol. The number of nitrogens with one attached hydrogen (secondary N) is 2. The van der Waals surface area contributed by atoms with Crippen LogP contribution in [0.3, 0.4) is 0 Å². The van der Waals surface area contributed by atoms with E-state index in [0.717, 1.165) is 11.4 Å². The minimum absolute atomic E-state index is 0.0649. The van der Waals surface area contributed by atoms with Gasteiger partial charge in [0.1, 0.15) is 24.0 Å². The highest BCUT2D eigenvalue weighted by Crippen LogP contribution is 2.19. The second-order valence-electron chi connectivity index (χ2n) is 4.12. The first-order valence-electron chi connectivity index (χ1n) is 5.90. The number of nitrogens with zero attached hydrogens (tertiary/aromatic N) is 3. The minimum atomic E-state index is 0.0649. The van der Waals surface area contributed by atoms with Gasteiger partial charge in [-0.3, -0.25) is 5.10 Å². The van der Waals surface area contributed by atoms with Crippen LogP contribution in [0.15, 0.2) is 24.5 Å². The largest absolute Gasteiger partial charge is 0.495 e. The van der Waals surface area contributed by atoms with E-state index in [9.17, 15) is 0 Å². The van der Waals surface area contributed by atoms with E-state index >= 15 is 0 Å². The molecule has 0 bridgehead atoms. The van der Waals surface area contributed by atoms with Crippen LogP contribution in [-0.4, -0.2) is 22.3 Å². The van der Waals surface area contributed by atoms with Crippen molar-refractivity contribution in [3.63, 3.8) is 0 Å². The number of aromatic amines is 1. The van der Waals surface area contributed by atoms with Gasteiger partial charge >= 0.3 is 0 Å². The Morgan fingerprint density at radius 2 is 2.37 bits per heavy atom. The summed E-state index contributed by atoms with van der Waals surface area (Å²) in [5, 5.41) is 19.0. The predicted molar refractivity (Wildman–Crippen MR) is 69.3 cm³/mol. The average molecular weight is 257 g/mol. The Kier molecular flexibility index (Phi) is 4.11. The van der Waals surface area contributed by atoms with Gasteiger partial charge in [0, 0.05) is 6.54 Å². The van der Waals surface area contributed by atoms with Gasteiger partial charge in [-0.25, -0.2) is 4.98 Å². The van der Waals surface area contributed by atoms with Gasteiger partial charge in [0.25, 0.3) is 0 Å². The molecule has 6 heteroatoms. The number of nitriles is 1. The third kappa shape index (κ3) is 3.09. The Balaban J connectivity index is 2.02. The van der Waals surface area contributed by atoms with Crippen molar-refractivity contribution in [3.8, 4) is 11.8 Å². The summed E-state index contributed by atoms with van der Waals surface area (Å²) in [4.78, 5) is 4.09. The fourth-order valence-corrected chi connectivity index (χ4v) is 1.74. The van der Waals surface area contributed by atoms with E-state index in [4.69, 9.17) is 10.00 Å². The van der Waals surface area contributed by atoms with Crippen molar-refractivity contribution in [2.24, 2.45) is 0 Å². The summed E-state index contributed by atoms with van der Waals surface area (Å²) in [5.41, 5.74) is 1.55. The molecule has 0 amide bonds. The molecule has 2 N–H and O–H groups in total. The van der Waals surface area contributed by atoms with Crippen LogP contribution in [0.1, 0.15) is 29.9 Å². The van der Waals surface area contributed by atoms with Gasteiger partial charge in [-0.15, -0.1) is 0 Å². The molecule has 98 valence electrons. The average Bonchev–Trinajstić information content (AvgIpc) is 2.98. The van der Waals surface area contributed by atoms with Crippen molar-refractivity contribution >= 4 is 0 Å². The predicted octanol–water partition coefficient (Wildman–Crippen LogP) is 1.54. The maximum absolute atomic E-state index is 9.03. The lowest BCUT2D eigenvalue weighted by molar-refractivity contribution is 0.413. The van der Waals surface area contributed by atoms with Crippen LogP contribution in [0, 0.1) is 11.3 Å². The van der Waals surface area contributed by atoms with Gasteiger partial charge in [0.2, 0.25) is 0 Å². The smallest absolute Gasteiger partial charge is 0.141 e. The molecule has 0 spiro atoms. The number of methoxy groups -OCH3 is 1. The number of benzene rings is 1. The number of aromatic nitrogens is 3. The quantitative estimate of drug-likeness (QED) is 0.848. The van der Waals surface area contributed by atoms with Gasteiger partial charge in [0.05, 0.1) is 18.7 Å². The van der Waals surface area contributed by atoms with E-state index < -0.39 is 0 Å². The summed E-state index contributed by atoms with van der Waals surface area (Å²) in [6, 6.07) is 7.73. The van der Waals surface area contributed by atoms with Crippen molar-refractivity contribution < 1.29 is 4.74 Å². The molecule has 19 heavy (non-hydrogen) atoms. The highest BCUT2D eigenvalue weighted by molar-refractivity contribution is 5.45. The lowest BCUT2D eigenvalue weighted by Gasteiger charge is -2.11. The molecular formula is C13H15N5O. The Bertz CT molecular complexity index is 573. The van der Waals surface area contributed by atoms with E-state index in [2.05, 4.69) is 26.6 Å². The first-order valence-corrected chi connectivity index (χ1v) is 5.90. The molecule has 0 radical (unpaired) electrons. The highest BCUT2D eigenvalue weighted by Gasteiger charge is 2.08. The van der Waals surface area contributed by atoms with Gasteiger partial charge in [0.15, 0.2) is 0 Å². The SMILES string of the molecule is COc1ccc(CNC(C)c2ncn[nH]2)cc1C#N. The van der Waals surface area contributed by atoms with Gasteiger partial charge in [-0.1, -0.05) is 6.07 Å². The molecule has 0 fully saturated rings. The van der Waals surface area contributed by atoms with Gasteiger partial charge < -0.3 is 10.1 Å². The lowest BCUT2D eigenvalue weighted by Crippen LogP contribution is -2.19. The summed E-state index contributed by atoms with van der Waals surface area (Å²) in [5.74, 6) is 1.38. The standard InChI is InChI=1S/C13H15N5O/c1-9(13-16-8-17-18-13)15-7-10-3-4-12(19-2)11(5-10)6-14/h3-5,8-9,15H,7H2,1-2H3,(H,16,17,18). The summed E-state index contributed by atoms with van der Waals surface area (Å²) in [6.45, 7) is 2.63. The number of hydrogen-bond donors (Lipinski definition) is 2. The molecule has 0 saturated heterocycles. The molecule has 0 aliphatic rings. The zero-order valence-corrected chi connectivity index (χ0v) is 10.8. The first kappa shape index (κ1) is 13.1. The third-order valence-electron chi connectivity index (χ3n) is 2.84. The molecule has 0 aliphatic heterocycles. The molecule has 1 atom stereocenters. The molecule has 0 aliphatic carbocycles. The molecule has 2 aromatic rings. The van der Waals surface area contributed by atoms with Crippen molar-refractivity contribution in [1.29, 1.82) is 5.26 Å². The van der Waals surface area contributed by atoms with Crippen LogP contribution in [0.25, 0.3) is 0 Å². The molecule has 0 saturated carbocycles. The number of ether oxygens (including phenoxy) is 1. The minimum Gasteiger partial charge on any atom is -0.495 e. The molecule has 1 aromatic carbocycles. The Morgan fingerprint density at radius 1 is 1.53 bits per heavy atom. The normalized spacial score (nSPS) is 11.8. The second-order valence-corrected chi connectivity index (χ2v) is 4.12. The number of hydrogen-bond acceptors (Lipinski definition) is 5. The lowest BCUT2D eigenvalue weighted by atomic mass is 10.1. The Hall–Kier alpha value is -2.39. The Morgan fingerprint density at radius 3 is 3.00 bits per heavy atom. The first-order chi connectivity index (χ1) is 9.24. The topological polar surface area (TPSA) is 86.6 Å².